The highest BCUT2D eigenvalue weighted by Crippen LogP contribution is 2.06. The summed E-state index contributed by atoms with van der Waals surface area (Å²) in [6.07, 6.45) is 2.11. The molecule has 0 N–H and O–H groups in total. The van der Waals surface area contributed by atoms with Crippen molar-refractivity contribution in [2.24, 2.45) is 5.11 Å². The molecule has 0 saturated heterocycles. The summed E-state index contributed by atoms with van der Waals surface area (Å²) in [4.78, 5) is 13.3. The maximum absolute atomic E-state index is 10.6. The highest BCUT2D eigenvalue weighted by Gasteiger charge is 2.06. The summed E-state index contributed by atoms with van der Waals surface area (Å²) < 4.78 is 0. The third-order valence-corrected chi connectivity index (χ3v) is 1.36. The van der Waals surface area contributed by atoms with Gasteiger partial charge in [0.15, 0.2) is 0 Å². The van der Waals surface area contributed by atoms with E-state index >= 15 is 0 Å². The molecule has 4 heteroatoms. The van der Waals surface area contributed by atoms with Crippen molar-refractivity contribution in [3.63, 3.8) is 0 Å². The molecule has 0 aromatic heterocycles. The quantitative estimate of drug-likeness (QED) is 0.341. The summed E-state index contributed by atoms with van der Waals surface area (Å²) in [5.41, 5.74) is 8.12. The molecule has 0 fully saturated rings. The maximum atomic E-state index is 10.6. The number of Topliss-reactive ketones (excluding diaryl/α,β-unsaturated/α-hetero) is 1. The molecule has 0 heterocycles. The molecule has 0 spiro atoms. The molecular formula is C7H13N3O. The van der Waals surface area contributed by atoms with E-state index in [1.54, 1.807) is 0 Å². The number of hydrogen-bond acceptors (Lipinski definition) is 2. The second-order valence-electron chi connectivity index (χ2n) is 2.55. The largest absolute Gasteiger partial charge is 0.300 e. The summed E-state index contributed by atoms with van der Waals surface area (Å²) in [6, 6.07) is -0.137. The number of ketones is 1. The Bertz CT molecular complexity index is 173. The maximum Gasteiger partial charge on any atom is 0.130 e. The number of rotatable bonds is 5. The van der Waals surface area contributed by atoms with Crippen molar-refractivity contribution >= 4 is 5.78 Å². The third kappa shape index (κ3) is 5.43. The minimum absolute atomic E-state index is 0.0795. The zero-order chi connectivity index (χ0) is 8.69. The van der Waals surface area contributed by atoms with Gasteiger partial charge in [-0.25, -0.2) is 0 Å². The van der Waals surface area contributed by atoms with Gasteiger partial charge in [-0.3, -0.25) is 0 Å². The molecule has 0 bridgehead atoms. The van der Waals surface area contributed by atoms with E-state index in [-0.39, 0.29) is 11.8 Å². The lowest BCUT2D eigenvalue weighted by molar-refractivity contribution is -0.117. The zero-order valence-electron chi connectivity index (χ0n) is 6.95. The molecule has 1 atom stereocenters. The van der Waals surface area contributed by atoms with E-state index in [0.717, 1.165) is 12.8 Å². The van der Waals surface area contributed by atoms with Gasteiger partial charge in [0.1, 0.15) is 5.78 Å². The molecule has 0 aliphatic carbocycles. The van der Waals surface area contributed by atoms with Crippen LogP contribution < -0.4 is 0 Å². The van der Waals surface area contributed by atoms with Crippen molar-refractivity contribution in [1.29, 1.82) is 0 Å². The van der Waals surface area contributed by atoms with Gasteiger partial charge in [-0.15, -0.1) is 0 Å². The van der Waals surface area contributed by atoms with Crippen molar-refractivity contribution in [3.8, 4) is 0 Å². The Morgan fingerprint density at radius 1 is 1.73 bits per heavy atom. The minimum Gasteiger partial charge on any atom is -0.300 e. The van der Waals surface area contributed by atoms with E-state index in [2.05, 4.69) is 10.0 Å². The van der Waals surface area contributed by atoms with Gasteiger partial charge in [0.25, 0.3) is 0 Å². The second kappa shape index (κ2) is 5.74. The van der Waals surface area contributed by atoms with Crippen LogP contribution in [0.15, 0.2) is 5.11 Å². The SMILES string of the molecule is CCC[C@H](CC(C)=O)N=[N+]=[N-]. The van der Waals surface area contributed by atoms with Crippen LogP contribution in [-0.4, -0.2) is 11.8 Å². The second-order valence-corrected chi connectivity index (χ2v) is 2.55. The van der Waals surface area contributed by atoms with Gasteiger partial charge in [-0.05, 0) is 18.9 Å². The first-order valence-corrected chi connectivity index (χ1v) is 3.74. The van der Waals surface area contributed by atoms with Gasteiger partial charge in [-0.1, -0.05) is 18.5 Å². The Kier molecular flexibility index (Phi) is 5.21. The van der Waals surface area contributed by atoms with Crippen LogP contribution in [0.1, 0.15) is 33.1 Å². The van der Waals surface area contributed by atoms with E-state index in [1.165, 1.54) is 6.92 Å². The lowest BCUT2D eigenvalue weighted by Gasteiger charge is -2.05. The fourth-order valence-electron chi connectivity index (χ4n) is 0.939. The van der Waals surface area contributed by atoms with Gasteiger partial charge in [0, 0.05) is 17.4 Å². The predicted molar refractivity (Wildman–Crippen MR) is 43.1 cm³/mol. The molecule has 4 nitrogen and oxygen atoms in total. The van der Waals surface area contributed by atoms with Crippen LogP contribution in [0.25, 0.3) is 10.4 Å². The van der Waals surface area contributed by atoms with Gasteiger partial charge in [-0.2, -0.15) is 0 Å². The molecule has 0 aliphatic rings. The summed E-state index contributed by atoms with van der Waals surface area (Å²) >= 11 is 0. The van der Waals surface area contributed by atoms with E-state index in [9.17, 15) is 4.79 Å². The highest BCUT2D eigenvalue weighted by atomic mass is 16.1. The standard InChI is InChI=1S/C7H13N3O/c1-3-4-7(9-10-8)5-6(2)11/h7H,3-5H2,1-2H3/t7-/m1/s1. The van der Waals surface area contributed by atoms with Crippen LogP contribution in [-0.2, 0) is 4.79 Å². The molecular weight excluding hydrogens is 142 g/mol. The van der Waals surface area contributed by atoms with Gasteiger partial charge < -0.3 is 4.79 Å². The minimum atomic E-state index is -0.137. The zero-order valence-corrected chi connectivity index (χ0v) is 6.95. The summed E-state index contributed by atoms with van der Waals surface area (Å²) in [7, 11) is 0. The first-order valence-electron chi connectivity index (χ1n) is 3.74. The summed E-state index contributed by atoms with van der Waals surface area (Å²) in [6.45, 7) is 3.51. The number of carbonyl (C=O) groups is 1. The molecule has 0 aliphatic heterocycles. The summed E-state index contributed by atoms with van der Waals surface area (Å²) in [5.74, 6) is 0.0795. The third-order valence-electron chi connectivity index (χ3n) is 1.36. The Balaban J connectivity index is 3.88. The first-order chi connectivity index (χ1) is 5.20. The fraction of sp³-hybridized carbons (Fsp3) is 0.857. The van der Waals surface area contributed by atoms with Crippen LogP contribution in [0.5, 0.6) is 0 Å². The average molecular weight is 155 g/mol. The number of hydrogen-bond donors (Lipinski definition) is 0. The molecule has 0 radical (unpaired) electrons. The predicted octanol–water partition coefficient (Wildman–Crippen LogP) is 2.44. The Labute approximate surface area is 66.2 Å². The molecule has 0 aromatic carbocycles. The molecule has 0 rings (SSSR count). The molecule has 0 unspecified atom stereocenters. The van der Waals surface area contributed by atoms with E-state index in [1.807, 2.05) is 6.92 Å². The van der Waals surface area contributed by atoms with Crippen LogP contribution >= 0.6 is 0 Å². The van der Waals surface area contributed by atoms with E-state index in [4.69, 9.17) is 5.53 Å². The van der Waals surface area contributed by atoms with Crippen LogP contribution in [0.2, 0.25) is 0 Å². The van der Waals surface area contributed by atoms with Crippen molar-refractivity contribution in [3.05, 3.63) is 10.4 Å². The van der Waals surface area contributed by atoms with Crippen molar-refractivity contribution in [2.75, 3.05) is 0 Å². The molecule has 62 valence electrons. The Hall–Kier alpha value is -1.02. The summed E-state index contributed by atoms with van der Waals surface area (Å²) in [5, 5.41) is 3.51. The van der Waals surface area contributed by atoms with Crippen LogP contribution in [0, 0.1) is 0 Å². The molecule has 0 saturated carbocycles. The first kappa shape index (κ1) is 9.98. The lowest BCUT2D eigenvalue weighted by atomic mass is 10.1. The smallest absolute Gasteiger partial charge is 0.130 e. The number of nitrogens with zero attached hydrogens (tertiary/aromatic N) is 3. The Morgan fingerprint density at radius 3 is 2.73 bits per heavy atom. The van der Waals surface area contributed by atoms with Gasteiger partial charge in [0.2, 0.25) is 0 Å². The van der Waals surface area contributed by atoms with Crippen molar-refractivity contribution < 1.29 is 4.79 Å². The molecule has 0 amide bonds. The molecule has 0 aromatic rings. The lowest BCUT2D eigenvalue weighted by Crippen LogP contribution is -2.07. The monoisotopic (exact) mass is 155 g/mol. The topological polar surface area (TPSA) is 65.8 Å². The van der Waals surface area contributed by atoms with Crippen LogP contribution in [0.3, 0.4) is 0 Å². The Morgan fingerprint density at radius 2 is 2.36 bits per heavy atom. The van der Waals surface area contributed by atoms with Crippen LogP contribution in [0.4, 0.5) is 0 Å². The number of carbonyl (C=O) groups excluding carboxylic acids is 1. The van der Waals surface area contributed by atoms with E-state index in [0.29, 0.717) is 6.42 Å². The highest BCUT2D eigenvalue weighted by molar-refractivity contribution is 5.76. The fourth-order valence-corrected chi connectivity index (χ4v) is 0.939. The number of azide groups is 1. The normalized spacial score (nSPS) is 11.8. The van der Waals surface area contributed by atoms with Gasteiger partial charge in [0.05, 0.1) is 0 Å². The van der Waals surface area contributed by atoms with E-state index < -0.39 is 0 Å². The van der Waals surface area contributed by atoms with Crippen molar-refractivity contribution in [2.45, 2.75) is 39.2 Å². The van der Waals surface area contributed by atoms with Gasteiger partial charge >= 0.3 is 0 Å². The average Bonchev–Trinajstić information content (AvgIpc) is 1.87. The van der Waals surface area contributed by atoms with Crippen molar-refractivity contribution in [1.82, 2.24) is 0 Å². The molecule has 11 heavy (non-hydrogen) atoms.